The molecule has 0 fully saturated rings. The van der Waals surface area contributed by atoms with E-state index in [9.17, 15) is 9.59 Å². The van der Waals surface area contributed by atoms with Crippen molar-refractivity contribution in [1.29, 1.82) is 0 Å². The van der Waals surface area contributed by atoms with E-state index in [0.717, 1.165) is 0 Å². The first-order chi connectivity index (χ1) is 11.0. The number of hydrogen-bond donors (Lipinski definition) is 0. The highest BCUT2D eigenvalue weighted by Gasteiger charge is 2.09. The number of ether oxygens (including phenoxy) is 2. The summed E-state index contributed by atoms with van der Waals surface area (Å²) in [5.41, 5.74) is -0.329. The van der Waals surface area contributed by atoms with Gasteiger partial charge in [0.05, 0.1) is 0 Å². The van der Waals surface area contributed by atoms with E-state index >= 15 is 0 Å². The lowest BCUT2D eigenvalue weighted by Gasteiger charge is -2.06. The second kappa shape index (κ2) is 6.14. The predicted octanol–water partition coefficient (Wildman–Crippen LogP) is 4.16. The third-order valence-electron chi connectivity index (χ3n) is 2.98. The summed E-state index contributed by atoms with van der Waals surface area (Å²) < 4.78 is 15.7. The summed E-state index contributed by atoms with van der Waals surface area (Å²) in [6, 6.07) is 12.9. The highest BCUT2D eigenvalue weighted by Crippen LogP contribution is 2.26. The second-order valence-electron chi connectivity index (χ2n) is 4.75. The summed E-state index contributed by atoms with van der Waals surface area (Å²) in [5, 5.41) is 1.21. The van der Waals surface area contributed by atoms with Crippen LogP contribution < -0.4 is 15.1 Å². The number of halogens is 1. The number of fused-ring (bicyclic) bond motifs is 1. The lowest BCUT2D eigenvalue weighted by atomic mass is 10.2. The third-order valence-corrected chi connectivity index (χ3v) is 3.23. The first-order valence-corrected chi connectivity index (χ1v) is 7.09. The van der Waals surface area contributed by atoms with Gasteiger partial charge in [0.15, 0.2) is 0 Å². The van der Waals surface area contributed by atoms with Gasteiger partial charge in [0, 0.05) is 23.4 Å². The van der Waals surface area contributed by atoms with Crippen LogP contribution in [0, 0.1) is 0 Å². The SMILES string of the molecule is CC(=O)Oc1ccc2cc(Oc3ccc(Cl)cc3)c(=O)oc2c1. The fraction of sp³-hybridized carbons (Fsp3) is 0.0588. The van der Waals surface area contributed by atoms with Crippen LogP contribution in [0.5, 0.6) is 17.2 Å². The van der Waals surface area contributed by atoms with Gasteiger partial charge in [-0.1, -0.05) is 11.6 Å². The number of esters is 1. The Morgan fingerprint density at radius 1 is 1.04 bits per heavy atom. The average molecular weight is 331 g/mol. The Morgan fingerprint density at radius 2 is 1.74 bits per heavy atom. The molecule has 0 saturated heterocycles. The summed E-state index contributed by atoms with van der Waals surface area (Å²) in [7, 11) is 0. The number of carbonyl (C=O) groups is 1. The molecule has 0 aliphatic heterocycles. The first-order valence-electron chi connectivity index (χ1n) is 6.71. The molecule has 0 radical (unpaired) electrons. The van der Waals surface area contributed by atoms with Crippen molar-refractivity contribution in [2.24, 2.45) is 0 Å². The fourth-order valence-corrected chi connectivity index (χ4v) is 2.13. The molecule has 1 aromatic heterocycles. The maximum atomic E-state index is 12.0. The van der Waals surface area contributed by atoms with E-state index < -0.39 is 11.6 Å². The molecule has 0 unspecified atom stereocenters. The largest absolute Gasteiger partial charge is 0.450 e. The normalized spacial score (nSPS) is 10.5. The molecule has 3 aromatic rings. The summed E-state index contributed by atoms with van der Waals surface area (Å²) in [6.07, 6.45) is 0. The average Bonchev–Trinajstić information content (AvgIpc) is 2.50. The van der Waals surface area contributed by atoms with E-state index in [1.165, 1.54) is 13.0 Å². The van der Waals surface area contributed by atoms with Gasteiger partial charge < -0.3 is 13.9 Å². The van der Waals surface area contributed by atoms with E-state index in [4.69, 9.17) is 25.5 Å². The van der Waals surface area contributed by atoms with Crippen LogP contribution in [-0.2, 0) is 4.79 Å². The van der Waals surface area contributed by atoms with Crippen molar-refractivity contribution in [2.45, 2.75) is 6.92 Å². The van der Waals surface area contributed by atoms with Crippen LogP contribution in [0.25, 0.3) is 11.0 Å². The van der Waals surface area contributed by atoms with Gasteiger partial charge >= 0.3 is 11.6 Å². The molecule has 2 aromatic carbocycles. The maximum absolute atomic E-state index is 12.0. The molecule has 1 heterocycles. The summed E-state index contributed by atoms with van der Waals surface area (Å²) in [5.74, 6) is 0.381. The summed E-state index contributed by atoms with van der Waals surface area (Å²) in [4.78, 5) is 23.0. The quantitative estimate of drug-likeness (QED) is 0.410. The lowest BCUT2D eigenvalue weighted by Crippen LogP contribution is -2.04. The molecule has 0 spiro atoms. The molecule has 0 aliphatic carbocycles. The Kier molecular flexibility index (Phi) is 4.04. The van der Waals surface area contributed by atoms with E-state index in [1.807, 2.05) is 0 Å². The maximum Gasteiger partial charge on any atom is 0.379 e. The number of hydrogen-bond acceptors (Lipinski definition) is 5. The first kappa shape index (κ1) is 15.1. The highest BCUT2D eigenvalue weighted by atomic mass is 35.5. The van der Waals surface area contributed by atoms with Crippen molar-refractivity contribution in [2.75, 3.05) is 0 Å². The molecule has 6 heteroatoms. The van der Waals surface area contributed by atoms with Crippen molar-refractivity contribution in [3.05, 3.63) is 64.0 Å². The summed E-state index contributed by atoms with van der Waals surface area (Å²) in [6.45, 7) is 1.30. The van der Waals surface area contributed by atoms with Crippen molar-refractivity contribution >= 4 is 28.5 Å². The van der Waals surface area contributed by atoms with E-state index in [2.05, 4.69) is 0 Å². The molecule has 5 nitrogen and oxygen atoms in total. The lowest BCUT2D eigenvalue weighted by molar-refractivity contribution is -0.131. The van der Waals surface area contributed by atoms with Gasteiger partial charge in [-0.25, -0.2) is 4.79 Å². The molecule has 0 bridgehead atoms. The van der Waals surface area contributed by atoms with Crippen molar-refractivity contribution in [3.8, 4) is 17.2 Å². The van der Waals surface area contributed by atoms with E-state index in [-0.39, 0.29) is 5.75 Å². The van der Waals surface area contributed by atoms with Gasteiger partial charge in [-0.15, -0.1) is 0 Å². The molecule has 116 valence electrons. The number of carbonyl (C=O) groups excluding carboxylic acids is 1. The molecule has 0 aliphatic rings. The monoisotopic (exact) mass is 330 g/mol. The van der Waals surface area contributed by atoms with Crippen LogP contribution in [0.3, 0.4) is 0 Å². The predicted molar refractivity (Wildman–Crippen MR) is 85.3 cm³/mol. The van der Waals surface area contributed by atoms with Gasteiger partial charge in [0.1, 0.15) is 17.1 Å². The minimum absolute atomic E-state index is 0.0556. The van der Waals surface area contributed by atoms with Crippen molar-refractivity contribution < 1.29 is 18.7 Å². The smallest absolute Gasteiger partial charge is 0.379 e. The Bertz CT molecular complexity index is 928. The molecule has 0 N–H and O–H groups in total. The standard InChI is InChI=1S/C17H11ClO5/c1-10(19)21-14-5-2-11-8-16(17(20)23-15(11)9-14)22-13-6-3-12(18)4-7-13/h2-9H,1H3. The Morgan fingerprint density at radius 3 is 2.43 bits per heavy atom. The zero-order valence-electron chi connectivity index (χ0n) is 12.0. The molecular formula is C17H11ClO5. The second-order valence-corrected chi connectivity index (χ2v) is 5.18. The molecule has 0 saturated carbocycles. The molecule has 0 amide bonds. The van der Waals surface area contributed by atoms with E-state index in [0.29, 0.717) is 27.5 Å². The van der Waals surface area contributed by atoms with Crippen molar-refractivity contribution in [3.63, 3.8) is 0 Å². The highest BCUT2D eigenvalue weighted by molar-refractivity contribution is 6.30. The third kappa shape index (κ3) is 3.52. The van der Waals surface area contributed by atoms with Gasteiger partial charge in [-0.2, -0.15) is 0 Å². The van der Waals surface area contributed by atoms with Crippen LogP contribution >= 0.6 is 11.6 Å². The Hall–Kier alpha value is -2.79. The van der Waals surface area contributed by atoms with Crippen LogP contribution in [-0.4, -0.2) is 5.97 Å². The minimum atomic E-state index is -0.632. The number of benzene rings is 2. The van der Waals surface area contributed by atoms with Crippen molar-refractivity contribution in [1.82, 2.24) is 0 Å². The molecular weight excluding hydrogens is 320 g/mol. The van der Waals surface area contributed by atoms with E-state index in [1.54, 1.807) is 42.5 Å². The zero-order chi connectivity index (χ0) is 16.4. The zero-order valence-corrected chi connectivity index (χ0v) is 12.8. The Labute approximate surface area is 136 Å². The topological polar surface area (TPSA) is 65.7 Å². The fourth-order valence-electron chi connectivity index (χ4n) is 2.00. The van der Waals surface area contributed by atoms with Crippen LogP contribution in [0.1, 0.15) is 6.92 Å². The molecule has 0 atom stereocenters. The van der Waals surface area contributed by atoms with Gasteiger partial charge in [0.25, 0.3) is 0 Å². The Balaban J connectivity index is 1.96. The van der Waals surface area contributed by atoms with Crippen LogP contribution in [0.15, 0.2) is 57.7 Å². The van der Waals surface area contributed by atoms with Gasteiger partial charge in [-0.05, 0) is 42.5 Å². The summed E-state index contributed by atoms with van der Waals surface area (Å²) >= 11 is 5.80. The van der Waals surface area contributed by atoms with Crippen LogP contribution in [0.2, 0.25) is 5.02 Å². The van der Waals surface area contributed by atoms with Crippen LogP contribution in [0.4, 0.5) is 0 Å². The molecule has 3 rings (SSSR count). The minimum Gasteiger partial charge on any atom is -0.450 e. The van der Waals surface area contributed by atoms with Gasteiger partial charge in [-0.3, -0.25) is 4.79 Å². The number of rotatable bonds is 3. The molecule has 23 heavy (non-hydrogen) atoms. The van der Waals surface area contributed by atoms with Gasteiger partial charge in [0.2, 0.25) is 5.75 Å².